The average Bonchev–Trinajstić information content (AvgIpc) is 2.65. The Kier molecular flexibility index (Phi) is 6.32. The van der Waals surface area contributed by atoms with Crippen molar-refractivity contribution in [2.24, 2.45) is 5.92 Å². The van der Waals surface area contributed by atoms with Gasteiger partial charge >= 0.3 is 0 Å². The van der Waals surface area contributed by atoms with Crippen LogP contribution in [0, 0.1) is 5.92 Å². The molecule has 2 fully saturated rings. The second-order valence-corrected chi connectivity index (χ2v) is 5.52. The van der Waals surface area contributed by atoms with Gasteiger partial charge in [-0.3, -0.25) is 4.90 Å². The Morgan fingerprint density at radius 3 is 2.76 bits per heavy atom. The zero-order valence-electron chi connectivity index (χ0n) is 11.1. The van der Waals surface area contributed by atoms with Crippen LogP contribution in [0.3, 0.4) is 0 Å². The third-order valence-corrected chi connectivity index (χ3v) is 4.08. The molecule has 0 spiro atoms. The molecule has 3 nitrogen and oxygen atoms in total. The lowest BCUT2D eigenvalue weighted by Crippen LogP contribution is -2.35. The summed E-state index contributed by atoms with van der Waals surface area (Å²) in [4.78, 5) is 2.53. The van der Waals surface area contributed by atoms with Crippen LogP contribution >= 0.6 is 0 Å². The quantitative estimate of drug-likeness (QED) is 0.743. The number of hydrogen-bond donors (Lipinski definition) is 1. The van der Waals surface area contributed by atoms with Crippen molar-refractivity contribution < 1.29 is 4.74 Å². The monoisotopic (exact) mass is 240 g/mol. The van der Waals surface area contributed by atoms with Gasteiger partial charge in [-0.05, 0) is 31.7 Å². The van der Waals surface area contributed by atoms with Crippen molar-refractivity contribution in [2.45, 2.75) is 38.5 Å². The Labute approximate surface area is 106 Å². The van der Waals surface area contributed by atoms with E-state index in [0.29, 0.717) is 0 Å². The largest absolute Gasteiger partial charge is 0.380 e. The maximum Gasteiger partial charge on any atom is 0.0593 e. The lowest BCUT2D eigenvalue weighted by atomic mass is 9.89. The first kappa shape index (κ1) is 13.3. The van der Waals surface area contributed by atoms with E-state index >= 15 is 0 Å². The molecule has 1 saturated carbocycles. The van der Waals surface area contributed by atoms with Gasteiger partial charge in [0.1, 0.15) is 0 Å². The number of rotatable bonds is 5. The van der Waals surface area contributed by atoms with Crippen molar-refractivity contribution in [1.29, 1.82) is 0 Å². The Hall–Kier alpha value is -0.120. The van der Waals surface area contributed by atoms with Crippen molar-refractivity contribution in [3.63, 3.8) is 0 Å². The summed E-state index contributed by atoms with van der Waals surface area (Å²) >= 11 is 0. The molecule has 0 bridgehead atoms. The van der Waals surface area contributed by atoms with Gasteiger partial charge in [0.2, 0.25) is 0 Å². The van der Waals surface area contributed by atoms with Crippen LogP contribution < -0.4 is 5.32 Å². The molecule has 2 aliphatic rings. The molecule has 1 N–H and O–H groups in total. The Morgan fingerprint density at radius 2 is 1.88 bits per heavy atom. The molecule has 0 radical (unpaired) electrons. The van der Waals surface area contributed by atoms with Crippen molar-refractivity contribution >= 4 is 0 Å². The molecule has 0 aromatic carbocycles. The van der Waals surface area contributed by atoms with Crippen LogP contribution in [0.25, 0.3) is 0 Å². The molecule has 17 heavy (non-hydrogen) atoms. The second-order valence-electron chi connectivity index (χ2n) is 5.52. The number of nitrogens with zero attached hydrogens (tertiary/aromatic N) is 1. The molecule has 100 valence electrons. The molecule has 1 aliphatic carbocycles. The van der Waals surface area contributed by atoms with Gasteiger partial charge < -0.3 is 10.1 Å². The van der Waals surface area contributed by atoms with Gasteiger partial charge in [-0.25, -0.2) is 0 Å². The molecular weight excluding hydrogens is 212 g/mol. The van der Waals surface area contributed by atoms with E-state index in [1.807, 2.05) is 0 Å². The fraction of sp³-hybridized carbons (Fsp3) is 1.00. The highest BCUT2D eigenvalue weighted by Crippen LogP contribution is 2.22. The highest BCUT2D eigenvalue weighted by molar-refractivity contribution is 4.69. The Morgan fingerprint density at radius 1 is 1.00 bits per heavy atom. The van der Waals surface area contributed by atoms with Crippen LogP contribution in [0.5, 0.6) is 0 Å². The van der Waals surface area contributed by atoms with Crippen LogP contribution in [0.15, 0.2) is 0 Å². The molecule has 2 rings (SSSR count). The van der Waals surface area contributed by atoms with E-state index in [0.717, 1.165) is 32.2 Å². The third-order valence-electron chi connectivity index (χ3n) is 4.08. The smallest absolute Gasteiger partial charge is 0.0593 e. The summed E-state index contributed by atoms with van der Waals surface area (Å²) in [5.74, 6) is 0.955. The van der Waals surface area contributed by atoms with Crippen LogP contribution in [-0.4, -0.2) is 50.8 Å². The zero-order chi connectivity index (χ0) is 11.8. The molecule has 1 saturated heterocycles. The predicted molar refractivity (Wildman–Crippen MR) is 71.3 cm³/mol. The Bertz CT molecular complexity index is 185. The fourth-order valence-corrected chi connectivity index (χ4v) is 2.96. The van der Waals surface area contributed by atoms with E-state index in [1.165, 1.54) is 58.2 Å². The van der Waals surface area contributed by atoms with E-state index in [2.05, 4.69) is 10.2 Å². The molecule has 0 amide bonds. The number of hydrogen-bond acceptors (Lipinski definition) is 3. The summed E-state index contributed by atoms with van der Waals surface area (Å²) in [7, 11) is 0. The van der Waals surface area contributed by atoms with Gasteiger partial charge in [-0.2, -0.15) is 0 Å². The Balaban J connectivity index is 1.49. The fourth-order valence-electron chi connectivity index (χ4n) is 2.96. The standard InChI is InChI=1S/C14H28N2O/c1-2-5-14(6-3-1)13-15-7-9-16-8-4-11-17-12-10-16/h14-15H,1-13H2. The summed E-state index contributed by atoms with van der Waals surface area (Å²) in [6.45, 7) is 7.78. The number of nitrogens with one attached hydrogen (secondary N) is 1. The highest BCUT2D eigenvalue weighted by atomic mass is 16.5. The van der Waals surface area contributed by atoms with Crippen molar-refractivity contribution in [1.82, 2.24) is 10.2 Å². The second kappa shape index (κ2) is 8.06. The summed E-state index contributed by atoms with van der Waals surface area (Å²) in [6.07, 6.45) is 8.47. The van der Waals surface area contributed by atoms with E-state index in [4.69, 9.17) is 4.74 Å². The molecular formula is C14H28N2O. The normalized spacial score (nSPS) is 24.7. The van der Waals surface area contributed by atoms with Crippen LogP contribution in [0.2, 0.25) is 0 Å². The van der Waals surface area contributed by atoms with Crippen LogP contribution in [0.4, 0.5) is 0 Å². The van der Waals surface area contributed by atoms with E-state index in [9.17, 15) is 0 Å². The minimum Gasteiger partial charge on any atom is -0.380 e. The topological polar surface area (TPSA) is 24.5 Å². The minimum absolute atomic E-state index is 0.919. The van der Waals surface area contributed by atoms with Gasteiger partial charge in [0, 0.05) is 32.8 Å². The van der Waals surface area contributed by atoms with Crippen LogP contribution in [0.1, 0.15) is 38.5 Å². The first-order chi connectivity index (χ1) is 8.45. The first-order valence-corrected chi connectivity index (χ1v) is 7.46. The van der Waals surface area contributed by atoms with Crippen molar-refractivity contribution in [3.05, 3.63) is 0 Å². The van der Waals surface area contributed by atoms with E-state index in [-0.39, 0.29) is 0 Å². The zero-order valence-corrected chi connectivity index (χ0v) is 11.1. The lowest BCUT2D eigenvalue weighted by Gasteiger charge is -2.23. The molecule has 1 heterocycles. The lowest BCUT2D eigenvalue weighted by molar-refractivity contribution is 0.141. The first-order valence-electron chi connectivity index (χ1n) is 7.46. The van der Waals surface area contributed by atoms with E-state index in [1.54, 1.807) is 0 Å². The van der Waals surface area contributed by atoms with Gasteiger partial charge in [0.15, 0.2) is 0 Å². The highest BCUT2D eigenvalue weighted by Gasteiger charge is 2.13. The molecule has 1 aliphatic heterocycles. The molecule has 0 aromatic heterocycles. The minimum atomic E-state index is 0.919. The molecule has 0 atom stereocenters. The summed E-state index contributed by atoms with van der Waals surface area (Å²) in [6, 6.07) is 0. The van der Waals surface area contributed by atoms with Crippen LogP contribution in [-0.2, 0) is 4.74 Å². The van der Waals surface area contributed by atoms with Gasteiger partial charge in [0.25, 0.3) is 0 Å². The SMILES string of the molecule is C1CCC(CNCCN2CCCOCC2)CC1. The average molecular weight is 240 g/mol. The molecule has 3 heteroatoms. The molecule has 0 aromatic rings. The van der Waals surface area contributed by atoms with Crippen molar-refractivity contribution in [2.75, 3.05) is 45.9 Å². The third kappa shape index (κ3) is 5.36. The van der Waals surface area contributed by atoms with Gasteiger partial charge in [-0.1, -0.05) is 19.3 Å². The molecule has 0 unspecified atom stereocenters. The van der Waals surface area contributed by atoms with Gasteiger partial charge in [-0.15, -0.1) is 0 Å². The van der Waals surface area contributed by atoms with E-state index < -0.39 is 0 Å². The predicted octanol–water partition coefficient (Wildman–Crippen LogP) is 1.88. The van der Waals surface area contributed by atoms with Gasteiger partial charge in [0.05, 0.1) is 6.61 Å². The number of ether oxygens (including phenoxy) is 1. The maximum atomic E-state index is 5.46. The maximum absolute atomic E-state index is 5.46. The summed E-state index contributed by atoms with van der Waals surface area (Å²) in [5.41, 5.74) is 0. The van der Waals surface area contributed by atoms with Crippen molar-refractivity contribution in [3.8, 4) is 0 Å². The summed E-state index contributed by atoms with van der Waals surface area (Å²) < 4.78 is 5.46. The summed E-state index contributed by atoms with van der Waals surface area (Å²) in [5, 5.41) is 3.64.